The number of fused-ring (bicyclic) bond motifs is 3. The molecule has 2 bridgehead atoms. The maximum atomic E-state index is 2.51. The zero-order valence-corrected chi connectivity index (χ0v) is 9.64. The van der Waals surface area contributed by atoms with E-state index < -0.39 is 0 Å². The normalized spacial score (nSPS) is 45.2. The van der Waals surface area contributed by atoms with Crippen molar-refractivity contribution in [3.8, 4) is 0 Å². The molecule has 3 rings (SSSR count). The molecule has 13 heavy (non-hydrogen) atoms. The van der Waals surface area contributed by atoms with Crippen molar-refractivity contribution in [1.29, 1.82) is 0 Å². The van der Waals surface area contributed by atoms with Crippen LogP contribution in [0, 0.1) is 29.1 Å². The average molecular weight is 180 g/mol. The lowest BCUT2D eigenvalue weighted by Gasteiger charge is -2.52. The van der Waals surface area contributed by atoms with Crippen LogP contribution in [0.3, 0.4) is 0 Å². The Hall–Kier alpha value is 0. The van der Waals surface area contributed by atoms with E-state index in [0.717, 1.165) is 23.7 Å². The first-order valence-electron chi connectivity index (χ1n) is 6.00. The predicted octanol–water partition coefficient (Wildman–Crippen LogP) is 4.10. The van der Waals surface area contributed by atoms with E-state index in [0.29, 0.717) is 5.41 Å². The van der Waals surface area contributed by atoms with Gasteiger partial charge in [-0.2, -0.15) is 0 Å². The number of hydrogen-bond acceptors (Lipinski definition) is 0. The van der Waals surface area contributed by atoms with E-state index in [9.17, 15) is 0 Å². The van der Waals surface area contributed by atoms with Crippen LogP contribution in [0.5, 0.6) is 0 Å². The monoisotopic (exact) mass is 180 g/mol. The first-order valence-corrected chi connectivity index (χ1v) is 6.00. The Morgan fingerprint density at radius 1 is 0.846 bits per heavy atom. The first kappa shape index (κ1) is 9.55. The third kappa shape index (κ3) is 1.53. The maximum absolute atomic E-state index is 2.51. The molecule has 0 aliphatic heterocycles. The van der Waals surface area contributed by atoms with Gasteiger partial charge in [-0.1, -0.05) is 27.7 Å². The highest BCUT2D eigenvalue weighted by Crippen LogP contribution is 2.54. The summed E-state index contributed by atoms with van der Waals surface area (Å²) in [5.41, 5.74) is 0.545. The van der Waals surface area contributed by atoms with Crippen LogP contribution < -0.4 is 0 Å². The van der Waals surface area contributed by atoms with E-state index >= 15 is 0 Å². The minimum Gasteiger partial charge on any atom is -0.0619 e. The molecular weight excluding hydrogens is 156 g/mol. The Kier molecular flexibility index (Phi) is 2.20. The van der Waals surface area contributed by atoms with Crippen molar-refractivity contribution in [2.75, 3.05) is 0 Å². The van der Waals surface area contributed by atoms with Crippen LogP contribution in [0.4, 0.5) is 0 Å². The standard InChI is InChI=1S/C13H24/c1-9-10-5-7-11(8-6-10)12(9)13(2,3)4/h9-12H,5-8H2,1-4H3. The molecule has 0 aromatic carbocycles. The van der Waals surface area contributed by atoms with Crippen molar-refractivity contribution in [3.63, 3.8) is 0 Å². The Balaban J connectivity index is 2.19. The minimum atomic E-state index is 0.545. The Morgan fingerprint density at radius 3 is 1.62 bits per heavy atom. The summed E-state index contributed by atoms with van der Waals surface area (Å²) >= 11 is 0. The molecule has 3 saturated carbocycles. The molecule has 0 nitrogen and oxygen atoms in total. The summed E-state index contributed by atoms with van der Waals surface area (Å²) in [7, 11) is 0. The second-order valence-electron chi connectivity index (χ2n) is 6.43. The smallest absolute Gasteiger partial charge is 0.0309 e. The lowest BCUT2D eigenvalue weighted by Crippen LogP contribution is -2.44. The summed E-state index contributed by atoms with van der Waals surface area (Å²) in [4.78, 5) is 0. The molecule has 0 amide bonds. The lowest BCUT2D eigenvalue weighted by atomic mass is 9.53. The summed E-state index contributed by atoms with van der Waals surface area (Å²) in [6.45, 7) is 9.82. The fraction of sp³-hybridized carbons (Fsp3) is 1.00. The summed E-state index contributed by atoms with van der Waals surface area (Å²) in [5, 5.41) is 0. The molecule has 3 fully saturated rings. The maximum Gasteiger partial charge on any atom is -0.0309 e. The minimum absolute atomic E-state index is 0.545. The van der Waals surface area contributed by atoms with Crippen LogP contribution in [0.2, 0.25) is 0 Å². The number of hydrogen-bond donors (Lipinski definition) is 0. The van der Waals surface area contributed by atoms with E-state index in [-0.39, 0.29) is 0 Å². The van der Waals surface area contributed by atoms with Gasteiger partial charge in [0.15, 0.2) is 0 Å². The van der Waals surface area contributed by atoms with Gasteiger partial charge >= 0.3 is 0 Å². The Morgan fingerprint density at radius 2 is 1.31 bits per heavy atom. The van der Waals surface area contributed by atoms with Gasteiger partial charge in [0.25, 0.3) is 0 Å². The van der Waals surface area contributed by atoms with E-state index in [4.69, 9.17) is 0 Å². The summed E-state index contributed by atoms with van der Waals surface area (Å²) in [5.74, 6) is 4.11. The molecule has 0 radical (unpaired) electrons. The molecule has 3 aliphatic rings. The van der Waals surface area contributed by atoms with Crippen molar-refractivity contribution < 1.29 is 0 Å². The van der Waals surface area contributed by atoms with Gasteiger partial charge in [-0.15, -0.1) is 0 Å². The van der Waals surface area contributed by atoms with E-state index in [1.54, 1.807) is 0 Å². The molecule has 0 aromatic rings. The summed E-state index contributed by atoms with van der Waals surface area (Å²) in [6.07, 6.45) is 6.10. The van der Waals surface area contributed by atoms with E-state index in [1.807, 2.05) is 0 Å². The second kappa shape index (κ2) is 3.00. The van der Waals surface area contributed by atoms with Crippen molar-refractivity contribution >= 4 is 0 Å². The molecule has 2 atom stereocenters. The Bertz CT molecular complexity index is 177. The molecule has 0 aromatic heterocycles. The summed E-state index contributed by atoms with van der Waals surface area (Å²) < 4.78 is 0. The SMILES string of the molecule is CC1C2CCC(CC2)C1C(C)(C)C. The van der Waals surface area contributed by atoms with Gasteiger partial charge in [-0.3, -0.25) is 0 Å². The van der Waals surface area contributed by atoms with Gasteiger partial charge in [-0.25, -0.2) is 0 Å². The van der Waals surface area contributed by atoms with Crippen LogP contribution in [-0.2, 0) is 0 Å². The highest BCUT2D eigenvalue weighted by molar-refractivity contribution is 4.95. The molecule has 0 saturated heterocycles. The first-order chi connectivity index (χ1) is 6.00. The van der Waals surface area contributed by atoms with Crippen molar-refractivity contribution in [2.24, 2.45) is 29.1 Å². The van der Waals surface area contributed by atoms with Gasteiger partial charge in [-0.05, 0) is 54.8 Å². The molecule has 0 heteroatoms. The highest BCUT2D eigenvalue weighted by Gasteiger charge is 2.45. The molecule has 3 aliphatic carbocycles. The van der Waals surface area contributed by atoms with Gasteiger partial charge in [0.1, 0.15) is 0 Å². The van der Waals surface area contributed by atoms with Crippen LogP contribution in [0.15, 0.2) is 0 Å². The van der Waals surface area contributed by atoms with Crippen LogP contribution >= 0.6 is 0 Å². The zero-order chi connectivity index (χ0) is 9.64. The Labute approximate surface area is 83.1 Å². The zero-order valence-electron chi connectivity index (χ0n) is 9.64. The van der Waals surface area contributed by atoms with Gasteiger partial charge in [0.2, 0.25) is 0 Å². The quantitative estimate of drug-likeness (QED) is 0.526. The van der Waals surface area contributed by atoms with Gasteiger partial charge < -0.3 is 0 Å². The third-order valence-electron chi connectivity index (χ3n) is 4.63. The molecule has 0 heterocycles. The van der Waals surface area contributed by atoms with Crippen LogP contribution in [0.25, 0.3) is 0 Å². The summed E-state index contributed by atoms with van der Waals surface area (Å²) in [6, 6.07) is 0. The lowest BCUT2D eigenvalue weighted by molar-refractivity contribution is -0.0300. The van der Waals surface area contributed by atoms with Crippen LogP contribution in [-0.4, -0.2) is 0 Å². The topological polar surface area (TPSA) is 0 Å². The van der Waals surface area contributed by atoms with Gasteiger partial charge in [0.05, 0.1) is 0 Å². The van der Waals surface area contributed by atoms with Crippen molar-refractivity contribution in [1.82, 2.24) is 0 Å². The second-order valence-corrected chi connectivity index (χ2v) is 6.43. The largest absolute Gasteiger partial charge is 0.0619 e. The predicted molar refractivity (Wildman–Crippen MR) is 57.6 cm³/mol. The van der Waals surface area contributed by atoms with Crippen molar-refractivity contribution in [2.45, 2.75) is 53.4 Å². The van der Waals surface area contributed by atoms with Crippen LogP contribution in [0.1, 0.15) is 53.4 Å². The van der Waals surface area contributed by atoms with E-state index in [1.165, 1.54) is 25.7 Å². The third-order valence-corrected chi connectivity index (χ3v) is 4.63. The number of rotatable bonds is 0. The van der Waals surface area contributed by atoms with E-state index in [2.05, 4.69) is 27.7 Å². The molecule has 0 N–H and O–H groups in total. The molecule has 0 spiro atoms. The van der Waals surface area contributed by atoms with Gasteiger partial charge in [0, 0.05) is 0 Å². The molecule has 76 valence electrons. The molecular formula is C13H24. The molecule has 2 unspecified atom stereocenters. The average Bonchev–Trinajstić information content (AvgIpc) is 2.03. The fourth-order valence-corrected chi connectivity index (χ4v) is 4.25. The fourth-order valence-electron chi connectivity index (χ4n) is 4.25. The van der Waals surface area contributed by atoms with Crippen molar-refractivity contribution in [3.05, 3.63) is 0 Å². The highest BCUT2D eigenvalue weighted by atomic mass is 14.5.